The topological polar surface area (TPSA) is 32.3 Å². The van der Waals surface area contributed by atoms with Crippen molar-refractivity contribution in [3.05, 3.63) is 95.6 Å². The molecule has 0 aliphatic carbocycles. The number of nitrogens with one attached hydrogen (secondary N) is 1. The van der Waals surface area contributed by atoms with Crippen LogP contribution in [-0.4, -0.2) is 11.9 Å². The number of nitrogens with zero attached hydrogens (tertiary/aromatic N) is 1. The highest BCUT2D eigenvalue weighted by Crippen LogP contribution is 2.43. The molecule has 1 heterocycles. The van der Waals surface area contributed by atoms with Gasteiger partial charge in [0.15, 0.2) is 0 Å². The van der Waals surface area contributed by atoms with Crippen LogP contribution in [0.2, 0.25) is 0 Å². The summed E-state index contributed by atoms with van der Waals surface area (Å²) in [5.41, 5.74) is 5.19. The van der Waals surface area contributed by atoms with E-state index < -0.39 is 0 Å². The summed E-state index contributed by atoms with van der Waals surface area (Å²) in [6.07, 6.45) is 0.903. The summed E-state index contributed by atoms with van der Waals surface area (Å²) in [5, 5.41) is 3.72. The Balaban J connectivity index is 1.76. The molecule has 0 radical (unpaired) electrons. The van der Waals surface area contributed by atoms with Gasteiger partial charge >= 0.3 is 0 Å². The van der Waals surface area contributed by atoms with E-state index in [0.717, 1.165) is 28.9 Å². The molecule has 1 aliphatic rings. The molecule has 0 aromatic heterocycles. The van der Waals surface area contributed by atoms with Gasteiger partial charge in [0.25, 0.3) is 5.91 Å². The smallest absolute Gasteiger partial charge is 0.258 e. The first kappa shape index (κ1) is 19.3. The lowest BCUT2D eigenvalue weighted by Crippen LogP contribution is -2.50. The van der Waals surface area contributed by atoms with Crippen molar-refractivity contribution in [3.8, 4) is 0 Å². The number of aryl methyl sites for hydroxylation is 1. The maximum Gasteiger partial charge on any atom is 0.258 e. The SMILES string of the molecule is CCC1[C@@H](C)C(Nc2ccccc2)c2ccccc2N1C(=O)c1ccc(C)cc1. The first-order valence-electron chi connectivity index (χ1n) is 10.4. The Morgan fingerprint density at radius 3 is 2.28 bits per heavy atom. The standard InChI is InChI=1S/C26H28N2O/c1-4-23-19(3)25(27-21-10-6-5-7-11-21)22-12-8-9-13-24(22)28(23)26(29)20-16-14-18(2)15-17-20/h5-17,19,23,25,27H,4H2,1-3H3/t19-,23?,25?/m1/s1. The molecule has 3 heteroatoms. The Hall–Kier alpha value is -3.07. The van der Waals surface area contributed by atoms with E-state index in [9.17, 15) is 4.79 Å². The number of para-hydroxylation sites is 2. The highest BCUT2D eigenvalue weighted by molar-refractivity contribution is 6.07. The van der Waals surface area contributed by atoms with Crippen LogP contribution < -0.4 is 10.2 Å². The van der Waals surface area contributed by atoms with Gasteiger partial charge in [-0.25, -0.2) is 0 Å². The van der Waals surface area contributed by atoms with Crippen LogP contribution in [0.5, 0.6) is 0 Å². The van der Waals surface area contributed by atoms with E-state index in [1.807, 2.05) is 60.4 Å². The number of amides is 1. The Morgan fingerprint density at radius 1 is 0.931 bits per heavy atom. The summed E-state index contributed by atoms with van der Waals surface area (Å²) in [5.74, 6) is 0.346. The van der Waals surface area contributed by atoms with Crippen LogP contribution in [0.4, 0.5) is 11.4 Å². The molecule has 3 nitrogen and oxygen atoms in total. The Bertz CT molecular complexity index is 981. The number of benzene rings is 3. The molecule has 1 N–H and O–H groups in total. The predicted octanol–water partition coefficient (Wildman–Crippen LogP) is 6.22. The molecular weight excluding hydrogens is 356 g/mol. The third kappa shape index (κ3) is 3.65. The van der Waals surface area contributed by atoms with Crippen LogP contribution in [-0.2, 0) is 0 Å². The van der Waals surface area contributed by atoms with Gasteiger partial charge in [0.05, 0.1) is 6.04 Å². The summed E-state index contributed by atoms with van der Waals surface area (Å²) < 4.78 is 0. The van der Waals surface area contributed by atoms with Gasteiger partial charge < -0.3 is 10.2 Å². The average molecular weight is 385 g/mol. The number of carbonyl (C=O) groups excluding carboxylic acids is 1. The van der Waals surface area contributed by atoms with Gasteiger partial charge in [-0.05, 0) is 49.2 Å². The summed E-state index contributed by atoms with van der Waals surface area (Å²) >= 11 is 0. The van der Waals surface area contributed by atoms with Crippen molar-refractivity contribution in [2.24, 2.45) is 5.92 Å². The van der Waals surface area contributed by atoms with E-state index in [2.05, 4.69) is 49.5 Å². The van der Waals surface area contributed by atoms with E-state index >= 15 is 0 Å². The lowest BCUT2D eigenvalue weighted by Gasteiger charge is -2.45. The summed E-state index contributed by atoms with van der Waals surface area (Å²) in [6, 6.07) is 26.8. The normalized spacial score (nSPS) is 20.8. The lowest BCUT2D eigenvalue weighted by atomic mass is 9.80. The minimum Gasteiger partial charge on any atom is -0.378 e. The number of hydrogen-bond donors (Lipinski definition) is 1. The van der Waals surface area contributed by atoms with Gasteiger partial charge in [0.1, 0.15) is 0 Å². The van der Waals surface area contributed by atoms with E-state index in [0.29, 0.717) is 0 Å². The molecule has 0 saturated heterocycles. The summed E-state index contributed by atoms with van der Waals surface area (Å²) in [6.45, 7) is 6.46. The first-order chi connectivity index (χ1) is 14.1. The largest absolute Gasteiger partial charge is 0.378 e. The second kappa shape index (κ2) is 8.12. The Morgan fingerprint density at radius 2 is 1.59 bits per heavy atom. The molecule has 1 amide bonds. The van der Waals surface area contributed by atoms with Crippen molar-refractivity contribution >= 4 is 17.3 Å². The molecule has 3 aromatic carbocycles. The third-order valence-electron chi connectivity index (χ3n) is 6.03. The minimum absolute atomic E-state index is 0.0781. The van der Waals surface area contributed by atoms with Crippen LogP contribution in [0.15, 0.2) is 78.9 Å². The molecular formula is C26H28N2O. The van der Waals surface area contributed by atoms with Crippen LogP contribution >= 0.6 is 0 Å². The molecule has 0 bridgehead atoms. The highest BCUT2D eigenvalue weighted by atomic mass is 16.2. The van der Waals surface area contributed by atoms with Crippen molar-refractivity contribution in [2.75, 3.05) is 10.2 Å². The fourth-order valence-corrected chi connectivity index (χ4v) is 4.46. The maximum absolute atomic E-state index is 13.6. The van der Waals surface area contributed by atoms with Gasteiger partial charge in [-0.3, -0.25) is 4.79 Å². The molecule has 148 valence electrons. The Labute approximate surface area is 173 Å². The zero-order chi connectivity index (χ0) is 20.4. The molecule has 0 spiro atoms. The first-order valence-corrected chi connectivity index (χ1v) is 10.4. The number of rotatable bonds is 4. The molecule has 0 fully saturated rings. The van der Waals surface area contributed by atoms with Crippen molar-refractivity contribution < 1.29 is 4.79 Å². The molecule has 0 saturated carbocycles. The highest BCUT2D eigenvalue weighted by Gasteiger charge is 2.40. The molecule has 2 unspecified atom stereocenters. The van der Waals surface area contributed by atoms with Gasteiger partial charge in [-0.1, -0.05) is 67.9 Å². The maximum atomic E-state index is 13.6. The monoisotopic (exact) mass is 384 g/mol. The molecule has 3 aromatic rings. The molecule has 29 heavy (non-hydrogen) atoms. The van der Waals surface area contributed by atoms with Crippen LogP contribution in [0.25, 0.3) is 0 Å². The fraction of sp³-hybridized carbons (Fsp3) is 0.269. The van der Waals surface area contributed by atoms with Gasteiger partial charge in [0, 0.05) is 28.9 Å². The van der Waals surface area contributed by atoms with Crippen molar-refractivity contribution in [2.45, 2.75) is 39.3 Å². The second-order valence-electron chi connectivity index (χ2n) is 7.92. The molecule has 1 aliphatic heterocycles. The summed E-state index contributed by atoms with van der Waals surface area (Å²) in [4.78, 5) is 15.6. The second-order valence-corrected chi connectivity index (χ2v) is 7.92. The van der Waals surface area contributed by atoms with Crippen molar-refractivity contribution in [1.29, 1.82) is 0 Å². The summed E-state index contributed by atoms with van der Waals surface area (Å²) in [7, 11) is 0. The van der Waals surface area contributed by atoms with Crippen LogP contribution in [0.1, 0.15) is 47.8 Å². The third-order valence-corrected chi connectivity index (χ3v) is 6.03. The molecule has 4 rings (SSSR count). The van der Waals surface area contributed by atoms with E-state index in [1.165, 1.54) is 5.56 Å². The lowest BCUT2D eigenvalue weighted by molar-refractivity contribution is 0.0960. The number of anilines is 2. The fourth-order valence-electron chi connectivity index (χ4n) is 4.46. The van der Waals surface area contributed by atoms with Crippen molar-refractivity contribution in [3.63, 3.8) is 0 Å². The number of fused-ring (bicyclic) bond motifs is 1. The quantitative estimate of drug-likeness (QED) is 0.579. The number of hydrogen-bond acceptors (Lipinski definition) is 2. The minimum atomic E-state index is 0.0781. The average Bonchev–Trinajstić information content (AvgIpc) is 2.76. The van der Waals surface area contributed by atoms with Crippen molar-refractivity contribution in [1.82, 2.24) is 0 Å². The zero-order valence-corrected chi connectivity index (χ0v) is 17.3. The van der Waals surface area contributed by atoms with Crippen LogP contribution in [0.3, 0.4) is 0 Å². The zero-order valence-electron chi connectivity index (χ0n) is 17.3. The van der Waals surface area contributed by atoms with Gasteiger partial charge in [-0.15, -0.1) is 0 Å². The number of carbonyl (C=O) groups is 1. The molecule has 3 atom stereocenters. The van der Waals surface area contributed by atoms with Crippen LogP contribution in [0, 0.1) is 12.8 Å². The van der Waals surface area contributed by atoms with Gasteiger partial charge in [-0.2, -0.15) is 0 Å². The predicted molar refractivity (Wildman–Crippen MR) is 120 cm³/mol. The van der Waals surface area contributed by atoms with E-state index in [4.69, 9.17) is 0 Å². The van der Waals surface area contributed by atoms with Gasteiger partial charge in [0.2, 0.25) is 0 Å². The van der Waals surface area contributed by atoms with E-state index in [-0.39, 0.29) is 23.9 Å². The van der Waals surface area contributed by atoms with E-state index in [1.54, 1.807) is 0 Å². The Kier molecular flexibility index (Phi) is 5.39.